The van der Waals surface area contributed by atoms with E-state index in [4.69, 9.17) is 9.57 Å². The monoisotopic (exact) mass is 628 g/mol. The maximum atomic E-state index is 14.4. The SMILES string of the molecule is CCCc1c(Cc2ccc(-c3ccccc3C3=NOC(O)N3)cc2)c(=O)n([C@H]2CC[C@H](OC(CC)C(C)(C)O)CC2)c2ncnn12. The zero-order chi connectivity index (χ0) is 32.4. The molecular formula is C35H44N6O5. The fourth-order valence-electron chi connectivity index (χ4n) is 6.86. The normalized spacial score (nSPS) is 20.7. The smallest absolute Gasteiger partial charge is 0.304 e. The van der Waals surface area contributed by atoms with Crippen molar-refractivity contribution < 1.29 is 19.8 Å². The minimum absolute atomic E-state index is 0.00505. The van der Waals surface area contributed by atoms with E-state index in [0.717, 1.165) is 78.5 Å². The third-order valence-corrected chi connectivity index (χ3v) is 9.17. The molecule has 3 N–H and O–H groups in total. The van der Waals surface area contributed by atoms with Gasteiger partial charge in [0.2, 0.25) is 5.78 Å². The molecule has 1 aliphatic heterocycles. The maximum absolute atomic E-state index is 14.4. The molecule has 2 atom stereocenters. The standard InChI is InChI=1S/C35H44N6O5/c1-5-9-29-28(20-22-12-14-23(15-13-22)26-10-7-8-11-27(26)31-38-34(43)46-39-31)32(42)40(33-36-21-37-41(29)33)24-16-18-25(19-17-24)45-30(6-2)35(3,4)44/h7-8,10-15,21,24-25,30,34,43-44H,5-6,9,16-20H2,1-4H3,(H,38,39)/t24-,25-,30?,34?. The van der Waals surface area contributed by atoms with E-state index in [0.29, 0.717) is 18.0 Å². The molecule has 6 rings (SSSR count). The van der Waals surface area contributed by atoms with Gasteiger partial charge in [-0.3, -0.25) is 9.36 Å². The van der Waals surface area contributed by atoms with Gasteiger partial charge in [0.15, 0.2) is 5.84 Å². The molecule has 2 unspecified atom stereocenters. The van der Waals surface area contributed by atoms with Crippen molar-refractivity contribution in [1.82, 2.24) is 24.5 Å². The van der Waals surface area contributed by atoms with E-state index < -0.39 is 12.0 Å². The highest BCUT2D eigenvalue weighted by molar-refractivity contribution is 6.04. The van der Waals surface area contributed by atoms with Crippen LogP contribution in [-0.4, -0.2) is 59.4 Å². The molecule has 4 aromatic rings. The van der Waals surface area contributed by atoms with Crippen molar-refractivity contribution in [3.63, 3.8) is 0 Å². The van der Waals surface area contributed by atoms with Gasteiger partial charge in [0.1, 0.15) is 6.33 Å². The van der Waals surface area contributed by atoms with Crippen molar-refractivity contribution in [2.24, 2.45) is 5.16 Å². The van der Waals surface area contributed by atoms with Crippen LogP contribution in [-0.2, 0) is 22.4 Å². The zero-order valence-corrected chi connectivity index (χ0v) is 27.0. The number of hydrogen-bond acceptors (Lipinski definition) is 9. The summed E-state index contributed by atoms with van der Waals surface area (Å²) >= 11 is 0. The zero-order valence-electron chi connectivity index (χ0n) is 27.0. The third kappa shape index (κ3) is 6.44. The predicted molar refractivity (Wildman–Crippen MR) is 175 cm³/mol. The van der Waals surface area contributed by atoms with E-state index >= 15 is 0 Å². The third-order valence-electron chi connectivity index (χ3n) is 9.17. The van der Waals surface area contributed by atoms with Crippen molar-refractivity contribution in [1.29, 1.82) is 0 Å². The molecule has 11 nitrogen and oxygen atoms in total. The van der Waals surface area contributed by atoms with Crippen LogP contribution in [0.5, 0.6) is 0 Å². The summed E-state index contributed by atoms with van der Waals surface area (Å²) in [5.41, 5.74) is 4.52. The van der Waals surface area contributed by atoms with Gasteiger partial charge in [-0.25, -0.2) is 4.52 Å². The highest BCUT2D eigenvalue weighted by atomic mass is 16.7. The molecule has 0 amide bonds. The molecule has 1 saturated carbocycles. The number of fused-ring (bicyclic) bond motifs is 1. The minimum Gasteiger partial charge on any atom is -0.388 e. The summed E-state index contributed by atoms with van der Waals surface area (Å²) < 4.78 is 10.1. The molecule has 3 heterocycles. The van der Waals surface area contributed by atoms with Crippen LogP contribution < -0.4 is 10.9 Å². The molecule has 244 valence electrons. The largest absolute Gasteiger partial charge is 0.388 e. The van der Waals surface area contributed by atoms with E-state index in [1.165, 1.54) is 6.33 Å². The number of aliphatic hydroxyl groups is 2. The van der Waals surface area contributed by atoms with Crippen molar-refractivity contribution in [2.45, 2.75) is 109 Å². The number of amidine groups is 1. The average Bonchev–Trinajstić information content (AvgIpc) is 3.71. The highest BCUT2D eigenvalue weighted by Gasteiger charge is 2.33. The van der Waals surface area contributed by atoms with Gasteiger partial charge in [-0.2, -0.15) is 10.1 Å². The van der Waals surface area contributed by atoms with E-state index in [-0.39, 0.29) is 23.8 Å². The lowest BCUT2D eigenvalue weighted by atomic mass is 9.91. The average molecular weight is 629 g/mol. The summed E-state index contributed by atoms with van der Waals surface area (Å²) in [6.07, 6.45) is 6.21. The number of ether oxygens (including phenoxy) is 1. The number of rotatable bonds is 11. The molecule has 0 radical (unpaired) electrons. The molecule has 0 spiro atoms. The highest BCUT2D eigenvalue weighted by Crippen LogP contribution is 2.33. The van der Waals surface area contributed by atoms with Crippen LogP contribution in [0.2, 0.25) is 0 Å². The lowest BCUT2D eigenvalue weighted by Crippen LogP contribution is -2.41. The van der Waals surface area contributed by atoms with Gasteiger partial charge in [-0.15, -0.1) is 0 Å². The number of aliphatic hydroxyl groups excluding tert-OH is 1. The first-order valence-corrected chi connectivity index (χ1v) is 16.4. The second kappa shape index (κ2) is 13.4. The number of aryl methyl sites for hydroxylation is 1. The number of nitrogens with one attached hydrogen (secondary N) is 1. The molecular weight excluding hydrogens is 584 g/mol. The lowest BCUT2D eigenvalue weighted by Gasteiger charge is -2.36. The molecule has 1 fully saturated rings. The number of oxime groups is 1. The topological polar surface area (TPSA) is 136 Å². The van der Waals surface area contributed by atoms with Crippen molar-refractivity contribution in [3.05, 3.63) is 87.6 Å². The Kier molecular flexibility index (Phi) is 9.26. The van der Waals surface area contributed by atoms with Crippen molar-refractivity contribution in [3.8, 4) is 11.1 Å². The number of benzene rings is 2. The van der Waals surface area contributed by atoms with Crippen LogP contribution in [0.4, 0.5) is 0 Å². The predicted octanol–water partition coefficient (Wildman–Crippen LogP) is 4.71. The Bertz CT molecular complexity index is 1750. The van der Waals surface area contributed by atoms with Crippen LogP contribution in [0, 0.1) is 0 Å². The molecule has 11 heteroatoms. The summed E-state index contributed by atoms with van der Waals surface area (Å²) in [4.78, 5) is 23.9. The Morgan fingerprint density at radius 2 is 1.78 bits per heavy atom. The molecule has 2 aromatic carbocycles. The van der Waals surface area contributed by atoms with Gasteiger partial charge in [0.25, 0.3) is 5.56 Å². The molecule has 2 aliphatic rings. The minimum atomic E-state index is -1.16. The van der Waals surface area contributed by atoms with Crippen molar-refractivity contribution in [2.75, 3.05) is 0 Å². The van der Waals surface area contributed by atoms with Crippen LogP contribution in [0.1, 0.15) is 94.6 Å². The number of hydrogen-bond donors (Lipinski definition) is 3. The lowest BCUT2D eigenvalue weighted by molar-refractivity contribution is -0.128. The van der Waals surface area contributed by atoms with Gasteiger partial charge in [0, 0.05) is 23.6 Å². The van der Waals surface area contributed by atoms with Gasteiger partial charge in [0.05, 0.1) is 23.5 Å². The molecule has 46 heavy (non-hydrogen) atoms. The number of nitrogens with zero attached hydrogens (tertiary/aromatic N) is 5. The summed E-state index contributed by atoms with van der Waals surface area (Å²) in [6.45, 7) is 7.73. The summed E-state index contributed by atoms with van der Waals surface area (Å²) in [5.74, 6) is 1.06. The van der Waals surface area contributed by atoms with Crippen LogP contribution in [0.15, 0.2) is 64.8 Å². The fourth-order valence-corrected chi connectivity index (χ4v) is 6.86. The van der Waals surface area contributed by atoms with Gasteiger partial charge in [-0.1, -0.05) is 74.0 Å². The van der Waals surface area contributed by atoms with E-state index in [1.807, 2.05) is 52.4 Å². The first-order valence-electron chi connectivity index (χ1n) is 16.4. The van der Waals surface area contributed by atoms with Gasteiger partial charge < -0.3 is 25.1 Å². The second-order valence-corrected chi connectivity index (χ2v) is 12.9. The first-order chi connectivity index (χ1) is 22.2. The Labute approximate surface area is 268 Å². The number of aromatic nitrogens is 4. The van der Waals surface area contributed by atoms with Crippen LogP contribution >= 0.6 is 0 Å². The molecule has 2 aromatic heterocycles. The maximum Gasteiger partial charge on any atom is 0.304 e. The first kappa shape index (κ1) is 31.9. The van der Waals surface area contributed by atoms with Gasteiger partial charge >= 0.3 is 6.41 Å². The van der Waals surface area contributed by atoms with E-state index in [2.05, 4.69) is 39.6 Å². The van der Waals surface area contributed by atoms with E-state index in [1.54, 1.807) is 13.8 Å². The van der Waals surface area contributed by atoms with Crippen molar-refractivity contribution >= 4 is 11.6 Å². The second-order valence-electron chi connectivity index (χ2n) is 12.9. The Morgan fingerprint density at radius 3 is 2.41 bits per heavy atom. The summed E-state index contributed by atoms with van der Waals surface area (Å²) in [5, 5.41) is 31.6. The molecule has 1 aliphatic carbocycles. The Morgan fingerprint density at radius 1 is 1.07 bits per heavy atom. The van der Waals surface area contributed by atoms with Crippen LogP contribution in [0.25, 0.3) is 16.9 Å². The Balaban J connectivity index is 1.28. The van der Waals surface area contributed by atoms with Gasteiger partial charge in [-0.05, 0) is 69.1 Å². The summed E-state index contributed by atoms with van der Waals surface area (Å²) in [7, 11) is 0. The molecule has 0 bridgehead atoms. The summed E-state index contributed by atoms with van der Waals surface area (Å²) in [6, 6.07) is 16.0. The fraction of sp³-hybridized carbons (Fsp3) is 0.486. The van der Waals surface area contributed by atoms with E-state index in [9.17, 15) is 15.0 Å². The Hall–Kier alpha value is -4.06. The quantitative estimate of drug-likeness (QED) is 0.217. The molecule has 0 saturated heterocycles. The van der Waals surface area contributed by atoms with Crippen LogP contribution in [0.3, 0.4) is 0 Å².